The van der Waals surface area contributed by atoms with Gasteiger partial charge in [-0.3, -0.25) is 0 Å². The Bertz CT molecular complexity index is 617. The van der Waals surface area contributed by atoms with E-state index in [0.717, 1.165) is 6.42 Å². The number of hydrogen-bond donors (Lipinski definition) is 1. The van der Waals surface area contributed by atoms with Crippen molar-refractivity contribution in [2.75, 3.05) is 12.8 Å². The topological polar surface area (TPSA) is 74.2 Å². The van der Waals surface area contributed by atoms with Crippen LogP contribution in [0.4, 0.5) is 5.69 Å². The second-order valence-corrected chi connectivity index (χ2v) is 6.23. The van der Waals surface area contributed by atoms with E-state index in [1.54, 1.807) is 19.2 Å². The van der Waals surface area contributed by atoms with Gasteiger partial charge in [0.05, 0.1) is 23.4 Å². The molecule has 0 aliphatic heterocycles. The molecular formula is C14H18ClN3O2. The summed E-state index contributed by atoms with van der Waals surface area (Å²) in [5, 5.41) is 4.42. The molecule has 0 saturated heterocycles. The minimum absolute atomic E-state index is 0.0873. The second kappa shape index (κ2) is 5.32. The predicted molar refractivity (Wildman–Crippen MR) is 78.9 cm³/mol. The molecule has 0 aliphatic carbocycles. The van der Waals surface area contributed by atoms with Crippen LogP contribution in [0, 0.1) is 5.41 Å². The molecule has 1 aromatic carbocycles. The molecule has 2 N–H and O–H groups in total. The lowest BCUT2D eigenvalue weighted by Gasteiger charge is -2.14. The Morgan fingerprint density at radius 2 is 2.05 bits per heavy atom. The lowest BCUT2D eigenvalue weighted by molar-refractivity contribution is 0.373. The van der Waals surface area contributed by atoms with Crippen LogP contribution in [0.2, 0.25) is 5.02 Å². The van der Waals surface area contributed by atoms with Crippen LogP contribution in [0.5, 0.6) is 5.75 Å². The van der Waals surface area contributed by atoms with Crippen LogP contribution >= 0.6 is 11.6 Å². The molecule has 0 spiro atoms. The summed E-state index contributed by atoms with van der Waals surface area (Å²) in [5.74, 6) is 1.59. The standard InChI is InChI=1S/C14H18ClN3O2/c1-14(2,3)7-12-17-13(20-18-12)8-5-9(15)10(16)6-11(8)19-4/h5-6H,7,16H2,1-4H3. The Hall–Kier alpha value is -1.75. The molecule has 0 radical (unpaired) electrons. The maximum Gasteiger partial charge on any atom is 0.261 e. The number of halogens is 1. The van der Waals surface area contributed by atoms with Crippen LogP contribution < -0.4 is 10.5 Å². The van der Waals surface area contributed by atoms with Crippen molar-refractivity contribution >= 4 is 17.3 Å². The minimum atomic E-state index is 0.0873. The summed E-state index contributed by atoms with van der Waals surface area (Å²) in [7, 11) is 1.55. The highest BCUT2D eigenvalue weighted by Gasteiger charge is 2.19. The van der Waals surface area contributed by atoms with Crippen LogP contribution in [-0.4, -0.2) is 17.3 Å². The van der Waals surface area contributed by atoms with E-state index < -0.39 is 0 Å². The number of rotatable bonds is 3. The third-order valence-corrected chi connectivity index (χ3v) is 3.03. The lowest BCUT2D eigenvalue weighted by atomic mass is 9.92. The van der Waals surface area contributed by atoms with Crippen LogP contribution in [0.25, 0.3) is 11.5 Å². The highest BCUT2D eigenvalue weighted by atomic mass is 35.5. The van der Waals surface area contributed by atoms with E-state index in [-0.39, 0.29) is 5.41 Å². The summed E-state index contributed by atoms with van der Waals surface area (Å²) in [5.41, 5.74) is 6.92. The summed E-state index contributed by atoms with van der Waals surface area (Å²) >= 11 is 6.04. The first kappa shape index (κ1) is 14.7. The Kier molecular flexibility index (Phi) is 3.90. The van der Waals surface area contributed by atoms with Gasteiger partial charge in [-0.05, 0) is 11.5 Å². The van der Waals surface area contributed by atoms with Gasteiger partial charge in [-0.1, -0.05) is 37.5 Å². The quantitative estimate of drug-likeness (QED) is 0.876. The van der Waals surface area contributed by atoms with Gasteiger partial charge in [0.1, 0.15) is 5.75 Å². The minimum Gasteiger partial charge on any atom is -0.496 e. The van der Waals surface area contributed by atoms with Crippen molar-refractivity contribution in [3.63, 3.8) is 0 Å². The van der Waals surface area contributed by atoms with Crippen molar-refractivity contribution in [2.45, 2.75) is 27.2 Å². The Morgan fingerprint density at radius 3 is 2.65 bits per heavy atom. The van der Waals surface area contributed by atoms with Crippen molar-refractivity contribution < 1.29 is 9.26 Å². The number of methoxy groups -OCH3 is 1. The molecule has 1 heterocycles. The average Bonchev–Trinajstić information content (AvgIpc) is 2.78. The molecule has 0 unspecified atom stereocenters. The first-order chi connectivity index (χ1) is 9.30. The molecule has 0 atom stereocenters. The van der Waals surface area contributed by atoms with E-state index in [4.69, 9.17) is 26.6 Å². The van der Waals surface area contributed by atoms with Gasteiger partial charge in [0, 0.05) is 12.5 Å². The van der Waals surface area contributed by atoms with Gasteiger partial charge in [0.15, 0.2) is 5.82 Å². The molecule has 0 amide bonds. The molecule has 0 aliphatic rings. The van der Waals surface area contributed by atoms with Gasteiger partial charge in [0.25, 0.3) is 5.89 Å². The molecule has 1 aromatic heterocycles. The maximum atomic E-state index is 6.04. The number of nitrogen functional groups attached to an aromatic ring is 1. The predicted octanol–water partition coefficient (Wildman–Crippen LogP) is 3.57. The Morgan fingerprint density at radius 1 is 1.35 bits per heavy atom. The van der Waals surface area contributed by atoms with Gasteiger partial charge >= 0.3 is 0 Å². The van der Waals surface area contributed by atoms with E-state index in [1.807, 2.05) is 0 Å². The third-order valence-electron chi connectivity index (χ3n) is 2.71. The number of benzene rings is 1. The van der Waals surface area contributed by atoms with Crippen molar-refractivity contribution in [2.24, 2.45) is 5.41 Å². The van der Waals surface area contributed by atoms with Gasteiger partial charge < -0.3 is 15.0 Å². The van der Waals surface area contributed by atoms with Crippen LogP contribution in [0.3, 0.4) is 0 Å². The lowest BCUT2D eigenvalue weighted by Crippen LogP contribution is -2.10. The molecule has 20 heavy (non-hydrogen) atoms. The first-order valence-electron chi connectivity index (χ1n) is 6.26. The zero-order valence-electron chi connectivity index (χ0n) is 12.0. The molecule has 0 bridgehead atoms. The SMILES string of the molecule is COc1cc(N)c(Cl)cc1-c1nc(CC(C)(C)C)no1. The van der Waals surface area contributed by atoms with E-state index in [1.165, 1.54) is 0 Å². The summed E-state index contributed by atoms with van der Waals surface area (Å²) in [4.78, 5) is 4.39. The molecular weight excluding hydrogens is 278 g/mol. The second-order valence-electron chi connectivity index (χ2n) is 5.83. The third kappa shape index (κ3) is 3.22. The summed E-state index contributed by atoms with van der Waals surface area (Å²) in [6, 6.07) is 3.31. The normalized spacial score (nSPS) is 11.7. The summed E-state index contributed by atoms with van der Waals surface area (Å²) < 4.78 is 10.6. The molecule has 2 rings (SSSR count). The van der Waals surface area contributed by atoms with E-state index in [0.29, 0.717) is 33.7 Å². The van der Waals surface area contributed by atoms with Gasteiger partial charge in [0.2, 0.25) is 0 Å². The number of nitrogens with zero attached hydrogens (tertiary/aromatic N) is 2. The Balaban J connectivity index is 2.39. The van der Waals surface area contributed by atoms with Crippen LogP contribution in [0.15, 0.2) is 16.7 Å². The summed E-state index contributed by atoms with van der Waals surface area (Å²) in [6.07, 6.45) is 0.724. The fourth-order valence-corrected chi connectivity index (χ4v) is 1.98. The van der Waals surface area contributed by atoms with E-state index in [9.17, 15) is 0 Å². The molecule has 0 saturated carbocycles. The average molecular weight is 296 g/mol. The number of hydrogen-bond acceptors (Lipinski definition) is 5. The van der Waals surface area contributed by atoms with Gasteiger partial charge in [-0.15, -0.1) is 0 Å². The van der Waals surface area contributed by atoms with Crippen molar-refractivity contribution in [3.05, 3.63) is 23.0 Å². The molecule has 2 aromatic rings. The fraction of sp³-hybridized carbons (Fsp3) is 0.429. The van der Waals surface area contributed by atoms with Gasteiger partial charge in [-0.2, -0.15) is 4.98 Å². The maximum absolute atomic E-state index is 6.04. The Labute approximate surface area is 123 Å². The molecule has 108 valence electrons. The van der Waals surface area contributed by atoms with Crippen molar-refractivity contribution in [1.82, 2.24) is 10.1 Å². The monoisotopic (exact) mass is 295 g/mol. The smallest absolute Gasteiger partial charge is 0.261 e. The number of anilines is 1. The van der Waals surface area contributed by atoms with E-state index >= 15 is 0 Å². The number of nitrogens with two attached hydrogens (primary N) is 1. The zero-order valence-corrected chi connectivity index (χ0v) is 12.8. The van der Waals surface area contributed by atoms with Crippen LogP contribution in [0.1, 0.15) is 26.6 Å². The summed E-state index contributed by atoms with van der Waals surface area (Å²) in [6.45, 7) is 6.34. The fourth-order valence-electron chi connectivity index (χ4n) is 1.81. The first-order valence-corrected chi connectivity index (χ1v) is 6.64. The number of ether oxygens (including phenoxy) is 1. The van der Waals surface area contributed by atoms with Gasteiger partial charge in [-0.25, -0.2) is 0 Å². The van der Waals surface area contributed by atoms with E-state index in [2.05, 4.69) is 30.9 Å². The highest BCUT2D eigenvalue weighted by molar-refractivity contribution is 6.33. The van der Waals surface area contributed by atoms with Crippen molar-refractivity contribution in [3.8, 4) is 17.2 Å². The number of aromatic nitrogens is 2. The van der Waals surface area contributed by atoms with Crippen LogP contribution in [-0.2, 0) is 6.42 Å². The highest BCUT2D eigenvalue weighted by Crippen LogP contribution is 2.35. The molecule has 5 nitrogen and oxygen atoms in total. The zero-order chi connectivity index (χ0) is 14.9. The largest absolute Gasteiger partial charge is 0.496 e. The molecule has 6 heteroatoms. The molecule has 0 fully saturated rings. The van der Waals surface area contributed by atoms with Crippen molar-refractivity contribution in [1.29, 1.82) is 0 Å².